The van der Waals surface area contributed by atoms with Crippen LogP contribution < -0.4 is 15.2 Å². The molecule has 18 heavy (non-hydrogen) atoms. The van der Waals surface area contributed by atoms with Gasteiger partial charge in [0.15, 0.2) is 0 Å². The van der Waals surface area contributed by atoms with Crippen LogP contribution in [0.15, 0.2) is 18.2 Å². The molecule has 0 unspecified atom stereocenters. The SMILES string of the molecule is COc1ccc(OCCCN(C)C)c(CCN)c1. The van der Waals surface area contributed by atoms with Crippen molar-refractivity contribution in [1.82, 2.24) is 4.90 Å². The van der Waals surface area contributed by atoms with Gasteiger partial charge < -0.3 is 20.1 Å². The van der Waals surface area contributed by atoms with E-state index in [-0.39, 0.29) is 0 Å². The second-order valence-electron chi connectivity index (χ2n) is 4.52. The van der Waals surface area contributed by atoms with Crippen molar-refractivity contribution < 1.29 is 9.47 Å². The van der Waals surface area contributed by atoms with Crippen molar-refractivity contribution in [2.24, 2.45) is 5.73 Å². The van der Waals surface area contributed by atoms with E-state index >= 15 is 0 Å². The van der Waals surface area contributed by atoms with Crippen LogP contribution in [0, 0.1) is 0 Å². The second kappa shape index (κ2) is 7.95. The lowest BCUT2D eigenvalue weighted by atomic mass is 10.1. The van der Waals surface area contributed by atoms with Gasteiger partial charge in [-0.15, -0.1) is 0 Å². The maximum absolute atomic E-state index is 5.80. The molecule has 0 saturated heterocycles. The van der Waals surface area contributed by atoms with E-state index in [9.17, 15) is 0 Å². The van der Waals surface area contributed by atoms with Crippen LogP contribution in [0.25, 0.3) is 0 Å². The Hall–Kier alpha value is -1.26. The molecular formula is C14H24N2O2. The highest BCUT2D eigenvalue weighted by molar-refractivity contribution is 5.40. The number of benzene rings is 1. The molecule has 1 aromatic rings. The van der Waals surface area contributed by atoms with Crippen LogP contribution in [0.3, 0.4) is 0 Å². The molecule has 0 radical (unpaired) electrons. The summed E-state index contributed by atoms with van der Waals surface area (Å²) in [5.74, 6) is 1.76. The Labute approximate surface area is 110 Å². The molecule has 1 aromatic carbocycles. The Balaban J connectivity index is 2.57. The van der Waals surface area contributed by atoms with Crippen LogP contribution in [0.4, 0.5) is 0 Å². The van der Waals surface area contributed by atoms with Gasteiger partial charge in [0.05, 0.1) is 13.7 Å². The van der Waals surface area contributed by atoms with E-state index < -0.39 is 0 Å². The molecule has 0 aliphatic carbocycles. The topological polar surface area (TPSA) is 47.7 Å². The highest BCUT2D eigenvalue weighted by Gasteiger charge is 2.05. The van der Waals surface area contributed by atoms with E-state index in [0.29, 0.717) is 6.54 Å². The third-order valence-electron chi connectivity index (χ3n) is 2.69. The van der Waals surface area contributed by atoms with Gasteiger partial charge in [-0.3, -0.25) is 0 Å². The number of ether oxygens (including phenoxy) is 2. The smallest absolute Gasteiger partial charge is 0.122 e. The quantitative estimate of drug-likeness (QED) is 0.713. The summed E-state index contributed by atoms with van der Waals surface area (Å²) >= 11 is 0. The first-order valence-corrected chi connectivity index (χ1v) is 6.32. The first-order valence-electron chi connectivity index (χ1n) is 6.32. The van der Waals surface area contributed by atoms with E-state index in [1.807, 2.05) is 18.2 Å². The Morgan fingerprint density at radius 1 is 1.28 bits per heavy atom. The Morgan fingerprint density at radius 3 is 2.67 bits per heavy atom. The number of nitrogens with two attached hydrogens (primary N) is 1. The van der Waals surface area contributed by atoms with Crippen LogP contribution in [0.5, 0.6) is 11.5 Å². The summed E-state index contributed by atoms with van der Waals surface area (Å²) in [6, 6.07) is 5.87. The van der Waals surface area contributed by atoms with Gasteiger partial charge in [0.1, 0.15) is 11.5 Å². The fourth-order valence-corrected chi connectivity index (χ4v) is 1.74. The second-order valence-corrected chi connectivity index (χ2v) is 4.52. The summed E-state index contributed by atoms with van der Waals surface area (Å²) in [7, 11) is 5.79. The van der Waals surface area contributed by atoms with Gasteiger partial charge in [-0.2, -0.15) is 0 Å². The predicted molar refractivity (Wildman–Crippen MR) is 74.4 cm³/mol. The maximum Gasteiger partial charge on any atom is 0.122 e. The molecule has 102 valence electrons. The molecule has 0 aliphatic heterocycles. The van der Waals surface area contributed by atoms with Crippen LogP contribution in [0.2, 0.25) is 0 Å². The molecular weight excluding hydrogens is 228 g/mol. The zero-order valence-electron chi connectivity index (χ0n) is 11.6. The fourth-order valence-electron chi connectivity index (χ4n) is 1.74. The largest absolute Gasteiger partial charge is 0.497 e. The van der Waals surface area contributed by atoms with E-state index in [1.165, 1.54) is 0 Å². The van der Waals surface area contributed by atoms with E-state index in [1.54, 1.807) is 7.11 Å². The number of methoxy groups -OCH3 is 1. The molecule has 4 nitrogen and oxygen atoms in total. The summed E-state index contributed by atoms with van der Waals surface area (Å²) in [4.78, 5) is 2.15. The minimum Gasteiger partial charge on any atom is -0.497 e. The molecule has 0 amide bonds. The molecule has 0 saturated carbocycles. The molecule has 0 spiro atoms. The van der Waals surface area contributed by atoms with Crippen molar-refractivity contribution in [1.29, 1.82) is 0 Å². The standard InChI is InChI=1S/C14H24N2O2/c1-16(2)9-4-10-18-14-6-5-13(17-3)11-12(14)7-8-15/h5-6,11H,4,7-10,15H2,1-3H3. The maximum atomic E-state index is 5.80. The van der Waals surface area contributed by atoms with Crippen LogP contribution >= 0.6 is 0 Å². The predicted octanol–water partition coefficient (Wildman–Crippen LogP) is 1.53. The third kappa shape index (κ3) is 4.94. The summed E-state index contributed by atoms with van der Waals surface area (Å²) in [5, 5.41) is 0. The zero-order valence-corrected chi connectivity index (χ0v) is 11.6. The van der Waals surface area contributed by atoms with E-state index in [4.69, 9.17) is 15.2 Å². The first kappa shape index (κ1) is 14.8. The minimum atomic E-state index is 0.612. The van der Waals surface area contributed by atoms with Crippen molar-refractivity contribution in [3.8, 4) is 11.5 Å². The molecule has 1 rings (SSSR count). The average molecular weight is 252 g/mol. The van der Waals surface area contributed by atoms with Crippen molar-refractivity contribution in [3.63, 3.8) is 0 Å². The summed E-state index contributed by atoms with van der Waals surface area (Å²) in [6.45, 7) is 2.37. The highest BCUT2D eigenvalue weighted by Crippen LogP contribution is 2.24. The van der Waals surface area contributed by atoms with Crippen molar-refractivity contribution in [2.75, 3.05) is 40.9 Å². The normalized spacial score (nSPS) is 10.7. The lowest BCUT2D eigenvalue weighted by molar-refractivity contribution is 0.279. The Morgan fingerprint density at radius 2 is 2.06 bits per heavy atom. The Kier molecular flexibility index (Phi) is 6.54. The average Bonchev–Trinajstić information content (AvgIpc) is 2.36. The van der Waals surface area contributed by atoms with Gasteiger partial charge in [-0.05, 0) is 57.2 Å². The van der Waals surface area contributed by atoms with Gasteiger partial charge in [0, 0.05) is 6.54 Å². The molecule has 0 aliphatic rings. The monoisotopic (exact) mass is 252 g/mol. The molecule has 0 heterocycles. The molecule has 0 fully saturated rings. The summed E-state index contributed by atoms with van der Waals surface area (Å²) in [5.41, 5.74) is 6.73. The lowest BCUT2D eigenvalue weighted by Crippen LogP contribution is -2.16. The molecule has 4 heteroatoms. The van der Waals surface area contributed by atoms with Gasteiger partial charge in [0.25, 0.3) is 0 Å². The molecule has 0 aromatic heterocycles. The highest BCUT2D eigenvalue weighted by atomic mass is 16.5. The van der Waals surface area contributed by atoms with Gasteiger partial charge >= 0.3 is 0 Å². The van der Waals surface area contributed by atoms with Gasteiger partial charge in [-0.1, -0.05) is 0 Å². The lowest BCUT2D eigenvalue weighted by Gasteiger charge is -2.14. The van der Waals surface area contributed by atoms with Gasteiger partial charge in [0.2, 0.25) is 0 Å². The van der Waals surface area contributed by atoms with Crippen molar-refractivity contribution >= 4 is 0 Å². The third-order valence-corrected chi connectivity index (χ3v) is 2.69. The summed E-state index contributed by atoms with van der Waals surface area (Å²) in [6.07, 6.45) is 1.82. The van der Waals surface area contributed by atoms with E-state index in [2.05, 4.69) is 19.0 Å². The van der Waals surface area contributed by atoms with E-state index in [0.717, 1.165) is 43.1 Å². The molecule has 0 atom stereocenters. The Bertz CT molecular complexity index is 354. The first-order chi connectivity index (χ1) is 8.67. The molecule has 0 bridgehead atoms. The fraction of sp³-hybridized carbons (Fsp3) is 0.571. The number of rotatable bonds is 8. The number of hydrogen-bond acceptors (Lipinski definition) is 4. The van der Waals surface area contributed by atoms with Crippen LogP contribution in [-0.2, 0) is 6.42 Å². The van der Waals surface area contributed by atoms with Crippen LogP contribution in [0.1, 0.15) is 12.0 Å². The number of nitrogens with zero attached hydrogens (tertiary/aromatic N) is 1. The van der Waals surface area contributed by atoms with Crippen molar-refractivity contribution in [2.45, 2.75) is 12.8 Å². The molecule has 2 N–H and O–H groups in total. The van der Waals surface area contributed by atoms with Crippen molar-refractivity contribution in [3.05, 3.63) is 23.8 Å². The van der Waals surface area contributed by atoms with Crippen LogP contribution in [-0.4, -0.2) is 45.8 Å². The minimum absolute atomic E-state index is 0.612. The van der Waals surface area contributed by atoms with Gasteiger partial charge in [-0.25, -0.2) is 0 Å². The zero-order chi connectivity index (χ0) is 13.4. The number of hydrogen-bond donors (Lipinski definition) is 1. The summed E-state index contributed by atoms with van der Waals surface area (Å²) < 4.78 is 11.0.